The van der Waals surface area contributed by atoms with Crippen LogP contribution in [0.4, 0.5) is 0 Å². The Bertz CT molecular complexity index is 784. The predicted octanol–water partition coefficient (Wildman–Crippen LogP) is 1.98. The molecule has 1 aromatic heterocycles. The predicted molar refractivity (Wildman–Crippen MR) is 78.7 cm³/mol. The maximum Gasteiger partial charge on any atom is 0.267 e. The largest absolute Gasteiger partial charge is 0.272 e. The van der Waals surface area contributed by atoms with E-state index in [0.717, 1.165) is 0 Å². The molecule has 0 atom stereocenters. The van der Waals surface area contributed by atoms with E-state index in [2.05, 4.69) is 5.10 Å². The summed E-state index contributed by atoms with van der Waals surface area (Å²) in [5.74, 6) is -0.723. The Kier molecular flexibility index (Phi) is 4.34. The monoisotopic (exact) mass is 327 g/mol. The van der Waals surface area contributed by atoms with Gasteiger partial charge in [-0.3, -0.25) is 9.48 Å². The van der Waals surface area contributed by atoms with Crippen LogP contribution in [0.15, 0.2) is 35.5 Å². The number of nitrogens with one attached hydrogen (secondary N) is 1. The van der Waals surface area contributed by atoms with E-state index < -0.39 is 15.9 Å². The van der Waals surface area contributed by atoms with Gasteiger partial charge >= 0.3 is 0 Å². The van der Waals surface area contributed by atoms with Crippen molar-refractivity contribution in [2.45, 2.75) is 25.3 Å². The molecule has 0 spiro atoms. The first kappa shape index (κ1) is 15.5. The van der Waals surface area contributed by atoms with Crippen molar-refractivity contribution >= 4 is 27.5 Å². The minimum atomic E-state index is -3.95. The quantitative estimate of drug-likeness (QED) is 0.931. The molecule has 0 radical (unpaired) electrons. The Morgan fingerprint density at radius 3 is 2.76 bits per heavy atom. The number of hydrogen-bond acceptors (Lipinski definition) is 4. The molecule has 0 unspecified atom stereocenters. The number of halogens is 1. The highest BCUT2D eigenvalue weighted by Crippen LogP contribution is 2.19. The van der Waals surface area contributed by atoms with E-state index in [1.807, 2.05) is 11.6 Å². The Labute approximate surface area is 127 Å². The van der Waals surface area contributed by atoms with Gasteiger partial charge in [-0.2, -0.15) is 5.10 Å². The third kappa shape index (κ3) is 3.25. The second-order valence-electron chi connectivity index (χ2n) is 4.38. The first-order valence-electron chi connectivity index (χ1n) is 6.20. The lowest BCUT2D eigenvalue weighted by Crippen LogP contribution is -2.30. The van der Waals surface area contributed by atoms with Crippen molar-refractivity contribution in [1.82, 2.24) is 14.5 Å². The van der Waals surface area contributed by atoms with Gasteiger partial charge in [0.2, 0.25) is 0 Å². The third-order valence-electron chi connectivity index (χ3n) is 2.98. The molecule has 0 fully saturated rings. The Morgan fingerprint density at radius 1 is 1.43 bits per heavy atom. The summed E-state index contributed by atoms with van der Waals surface area (Å²) in [4.78, 5) is 12.0. The highest BCUT2D eigenvalue weighted by atomic mass is 35.5. The number of amides is 1. The second-order valence-corrected chi connectivity index (χ2v) is 6.47. The normalized spacial score (nSPS) is 11.4. The lowest BCUT2D eigenvalue weighted by Gasteiger charge is -2.08. The molecular weight excluding hydrogens is 314 g/mol. The first-order chi connectivity index (χ1) is 9.85. The molecule has 1 N–H and O–H groups in total. The van der Waals surface area contributed by atoms with Crippen molar-refractivity contribution in [2.75, 3.05) is 0 Å². The van der Waals surface area contributed by atoms with Crippen molar-refractivity contribution < 1.29 is 13.2 Å². The number of sulfonamides is 1. The van der Waals surface area contributed by atoms with E-state index in [4.69, 9.17) is 11.6 Å². The van der Waals surface area contributed by atoms with Gasteiger partial charge in [0.25, 0.3) is 15.9 Å². The number of carbonyl (C=O) groups excluding carboxylic acids is 1. The molecule has 0 aliphatic rings. The van der Waals surface area contributed by atoms with E-state index in [1.165, 1.54) is 23.1 Å². The summed E-state index contributed by atoms with van der Waals surface area (Å²) in [5.41, 5.74) is 0.741. The molecule has 0 saturated heterocycles. The molecule has 112 valence electrons. The van der Waals surface area contributed by atoms with Gasteiger partial charge in [0, 0.05) is 23.3 Å². The van der Waals surface area contributed by atoms with Crippen molar-refractivity contribution in [3.8, 4) is 0 Å². The van der Waals surface area contributed by atoms with Crippen LogP contribution in [0.1, 0.15) is 22.8 Å². The molecule has 1 aromatic carbocycles. The SMILES string of the molecule is CCn1cc(S(=O)(=O)NC(=O)c2cccc(Cl)c2C)cn1. The van der Waals surface area contributed by atoms with Gasteiger partial charge in [-0.25, -0.2) is 13.1 Å². The summed E-state index contributed by atoms with van der Waals surface area (Å²) in [6.07, 6.45) is 2.56. The fourth-order valence-corrected chi connectivity index (χ4v) is 2.84. The van der Waals surface area contributed by atoms with Gasteiger partial charge in [-0.15, -0.1) is 0 Å². The topological polar surface area (TPSA) is 81.1 Å². The van der Waals surface area contributed by atoms with Gasteiger partial charge in [0.1, 0.15) is 4.90 Å². The molecular formula is C13H14ClN3O3S. The zero-order valence-corrected chi connectivity index (χ0v) is 13.1. The van der Waals surface area contributed by atoms with Crippen LogP contribution >= 0.6 is 11.6 Å². The van der Waals surface area contributed by atoms with Crippen LogP contribution in [-0.2, 0) is 16.6 Å². The van der Waals surface area contributed by atoms with Crippen molar-refractivity contribution in [1.29, 1.82) is 0 Å². The fourth-order valence-electron chi connectivity index (χ4n) is 1.75. The summed E-state index contributed by atoms with van der Waals surface area (Å²) < 4.78 is 27.7. The van der Waals surface area contributed by atoms with Gasteiger partial charge < -0.3 is 0 Å². The van der Waals surface area contributed by atoms with Gasteiger partial charge in [-0.1, -0.05) is 17.7 Å². The number of nitrogens with zero attached hydrogens (tertiary/aromatic N) is 2. The van der Waals surface area contributed by atoms with Crippen LogP contribution < -0.4 is 4.72 Å². The summed E-state index contributed by atoms with van der Waals surface area (Å²) >= 11 is 5.93. The molecule has 2 rings (SSSR count). The standard InChI is InChI=1S/C13H14ClN3O3S/c1-3-17-8-10(7-15-17)21(19,20)16-13(18)11-5-4-6-12(14)9(11)2/h4-8H,3H2,1-2H3,(H,16,18). The average molecular weight is 328 g/mol. The highest BCUT2D eigenvalue weighted by Gasteiger charge is 2.21. The lowest BCUT2D eigenvalue weighted by atomic mass is 10.1. The van der Waals surface area contributed by atoms with Crippen LogP contribution in [0.3, 0.4) is 0 Å². The van der Waals surface area contributed by atoms with Gasteiger partial charge in [0.05, 0.1) is 6.20 Å². The van der Waals surface area contributed by atoms with Crippen molar-refractivity contribution in [2.24, 2.45) is 0 Å². The first-order valence-corrected chi connectivity index (χ1v) is 8.06. The Hall–Kier alpha value is -1.86. The molecule has 0 aliphatic heterocycles. The molecule has 1 heterocycles. The number of benzene rings is 1. The summed E-state index contributed by atoms with van der Waals surface area (Å²) in [7, 11) is -3.95. The Balaban J connectivity index is 2.28. The van der Waals surface area contributed by atoms with E-state index in [0.29, 0.717) is 17.1 Å². The summed E-state index contributed by atoms with van der Waals surface area (Å²) in [5, 5.41) is 4.28. The van der Waals surface area contributed by atoms with E-state index in [-0.39, 0.29) is 10.5 Å². The number of rotatable bonds is 4. The van der Waals surface area contributed by atoms with Crippen LogP contribution in [-0.4, -0.2) is 24.1 Å². The second kappa shape index (κ2) is 5.87. The molecule has 0 saturated carbocycles. The maximum absolute atomic E-state index is 12.1. The summed E-state index contributed by atoms with van der Waals surface area (Å²) in [6.45, 7) is 4.02. The minimum Gasteiger partial charge on any atom is -0.272 e. The zero-order chi connectivity index (χ0) is 15.6. The van der Waals surface area contributed by atoms with E-state index in [9.17, 15) is 13.2 Å². The van der Waals surface area contributed by atoms with Crippen molar-refractivity contribution in [3.05, 3.63) is 46.7 Å². The van der Waals surface area contributed by atoms with Crippen LogP contribution in [0, 0.1) is 6.92 Å². The highest BCUT2D eigenvalue weighted by molar-refractivity contribution is 7.90. The lowest BCUT2D eigenvalue weighted by molar-refractivity contribution is 0.0981. The van der Waals surface area contributed by atoms with E-state index >= 15 is 0 Å². The summed E-state index contributed by atoms with van der Waals surface area (Å²) in [6, 6.07) is 4.74. The smallest absolute Gasteiger partial charge is 0.267 e. The molecule has 8 heteroatoms. The number of hydrogen-bond donors (Lipinski definition) is 1. The number of carbonyl (C=O) groups is 1. The molecule has 0 bridgehead atoms. The van der Waals surface area contributed by atoms with Gasteiger partial charge in [0.15, 0.2) is 0 Å². The van der Waals surface area contributed by atoms with E-state index in [1.54, 1.807) is 19.1 Å². The van der Waals surface area contributed by atoms with Crippen LogP contribution in [0.5, 0.6) is 0 Å². The molecule has 6 nitrogen and oxygen atoms in total. The zero-order valence-electron chi connectivity index (χ0n) is 11.5. The minimum absolute atomic E-state index is 0.0580. The van der Waals surface area contributed by atoms with Gasteiger partial charge in [-0.05, 0) is 31.5 Å². The molecule has 0 aliphatic carbocycles. The number of aryl methyl sites for hydroxylation is 1. The van der Waals surface area contributed by atoms with Crippen LogP contribution in [0.25, 0.3) is 0 Å². The van der Waals surface area contributed by atoms with Crippen molar-refractivity contribution in [3.63, 3.8) is 0 Å². The fraction of sp³-hybridized carbons (Fsp3) is 0.231. The average Bonchev–Trinajstić information content (AvgIpc) is 2.91. The maximum atomic E-state index is 12.1. The molecule has 2 aromatic rings. The molecule has 1 amide bonds. The number of aromatic nitrogens is 2. The third-order valence-corrected chi connectivity index (χ3v) is 4.68. The molecule has 21 heavy (non-hydrogen) atoms. The Morgan fingerprint density at radius 2 is 2.14 bits per heavy atom. The van der Waals surface area contributed by atoms with Crippen LogP contribution in [0.2, 0.25) is 5.02 Å².